The van der Waals surface area contributed by atoms with Crippen molar-refractivity contribution in [3.8, 4) is 5.75 Å². The number of aryl methyl sites for hydroxylation is 1. The van der Waals surface area contributed by atoms with Gasteiger partial charge >= 0.3 is 0 Å². The first kappa shape index (κ1) is 18.3. The van der Waals surface area contributed by atoms with Crippen LogP contribution in [0.25, 0.3) is 0 Å². The van der Waals surface area contributed by atoms with E-state index in [2.05, 4.69) is 64.6 Å². The second-order valence-electron chi connectivity index (χ2n) is 10.1. The SMILES string of the molecule is COc1ccc2c(c1)CC[C@@H]1[C@@H]2CC[C@@]2(C)[C@H]1C[C@H]1Cc3ccc(Br)cc3N[C@@H]12. The summed E-state index contributed by atoms with van der Waals surface area (Å²) in [4.78, 5) is 0. The third kappa shape index (κ3) is 2.65. The highest BCUT2D eigenvalue weighted by Gasteiger charge is 2.59. The lowest BCUT2D eigenvalue weighted by Gasteiger charge is -2.51. The summed E-state index contributed by atoms with van der Waals surface area (Å²) in [5, 5.41) is 4.02. The van der Waals surface area contributed by atoms with E-state index in [0.717, 1.165) is 29.4 Å². The molecule has 0 bridgehead atoms. The van der Waals surface area contributed by atoms with Crippen LogP contribution in [0.15, 0.2) is 40.9 Å². The Morgan fingerprint density at radius 1 is 1.10 bits per heavy atom. The molecular formula is C26H30BrNO. The number of fused-ring (bicyclic) bond motifs is 8. The first-order chi connectivity index (χ1) is 14.1. The van der Waals surface area contributed by atoms with Crippen molar-refractivity contribution in [2.75, 3.05) is 12.4 Å². The maximum atomic E-state index is 5.49. The maximum Gasteiger partial charge on any atom is 0.119 e. The van der Waals surface area contributed by atoms with E-state index in [4.69, 9.17) is 4.74 Å². The van der Waals surface area contributed by atoms with Crippen molar-refractivity contribution in [2.24, 2.45) is 23.2 Å². The van der Waals surface area contributed by atoms with Crippen molar-refractivity contribution in [1.82, 2.24) is 0 Å². The van der Waals surface area contributed by atoms with E-state index in [-0.39, 0.29) is 0 Å². The molecule has 1 heterocycles. The lowest BCUT2D eigenvalue weighted by Crippen LogP contribution is -2.48. The van der Waals surface area contributed by atoms with E-state index in [0.29, 0.717) is 11.5 Å². The molecule has 1 N–H and O–H groups in total. The topological polar surface area (TPSA) is 21.3 Å². The van der Waals surface area contributed by atoms with Crippen LogP contribution >= 0.6 is 15.9 Å². The first-order valence-electron chi connectivity index (χ1n) is 11.3. The van der Waals surface area contributed by atoms with Gasteiger partial charge < -0.3 is 10.1 Å². The average molecular weight is 452 g/mol. The number of methoxy groups -OCH3 is 1. The Morgan fingerprint density at radius 2 is 2.00 bits per heavy atom. The highest BCUT2D eigenvalue weighted by atomic mass is 79.9. The van der Waals surface area contributed by atoms with Crippen LogP contribution in [-0.2, 0) is 12.8 Å². The number of rotatable bonds is 1. The first-order valence-corrected chi connectivity index (χ1v) is 12.1. The quantitative estimate of drug-likeness (QED) is 0.528. The highest BCUT2D eigenvalue weighted by Crippen LogP contribution is 2.64. The fraction of sp³-hybridized carbons (Fsp3) is 0.538. The van der Waals surface area contributed by atoms with Crippen molar-refractivity contribution in [3.63, 3.8) is 0 Å². The summed E-state index contributed by atoms with van der Waals surface area (Å²) in [7, 11) is 1.78. The Hall–Kier alpha value is -1.48. The van der Waals surface area contributed by atoms with Gasteiger partial charge in [-0.15, -0.1) is 0 Å². The summed E-state index contributed by atoms with van der Waals surface area (Å²) in [6.07, 6.45) is 7.90. The van der Waals surface area contributed by atoms with Crippen LogP contribution in [0.4, 0.5) is 5.69 Å². The third-order valence-electron chi connectivity index (χ3n) is 8.97. The molecule has 0 unspecified atom stereocenters. The molecule has 6 atom stereocenters. The molecule has 29 heavy (non-hydrogen) atoms. The zero-order valence-electron chi connectivity index (χ0n) is 17.4. The molecule has 3 heteroatoms. The number of anilines is 1. The van der Waals surface area contributed by atoms with Crippen LogP contribution in [-0.4, -0.2) is 13.2 Å². The van der Waals surface area contributed by atoms with Crippen molar-refractivity contribution in [3.05, 3.63) is 57.6 Å². The number of nitrogens with one attached hydrogen (secondary N) is 1. The predicted molar refractivity (Wildman–Crippen MR) is 122 cm³/mol. The van der Waals surface area contributed by atoms with E-state index in [1.807, 2.05) is 0 Å². The molecule has 2 saturated carbocycles. The predicted octanol–water partition coefficient (Wildman–Crippen LogP) is 6.58. The van der Waals surface area contributed by atoms with Crippen LogP contribution in [0.3, 0.4) is 0 Å². The molecule has 0 aromatic heterocycles. The summed E-state index contributed by atoms with van der Waals surface area (Å²) >= 11 is 3.67. The van der Waals surface area contributed by atoms with E-state index < -0.39 is 0 Å². The molecule has 2 aromatic carbocycles. The van der Waals surface area contributed by atoms with Gasteiger partial charge in [0.1, 0.15) is 5.75 Å². The Labute approximate surface area is 182 Å². The van der Waals surface area contributed by atoms with E-state index in [1.54, 1.807) is 18.2 Å². The minimum Gasteiger partial charge on any atom is -0.497 e. The average Bonchev–Trinajstić information content (AvgIpc) is 3.03. The second kappa shape index (κ2) is 6.51. The van der Waals surface area contributed by atoms with Gasteiger partial charge in [0.15, 0.2) is 0 Å². The van der Waals surface area contributed by atoms with Crippen LogP contribution < -0.4 is 10.1 Å². The number of ether oxygens (including phenoxy) is 1. The minimum absolute atomic E-state index is 0.426. The number of hydrogen-bond acceptors (Lipinski definition) is 2. The Morgan fingerprint density at radius 3 is 2.86 bits per heavy atom. The molecule has 0 saturated heterocycles. The summed E-state index contributed by atoms with van der Waals surface area (Å²) in [5.74, 6) is 4.24. The fourth-order valence-corrected chi connectivity index (χ4v) is 8.02. The van der Waals surface area contributed by atoms with Crippen LogP contribution in [0, 0.1) is 23.2 Å². The monoisotopic (exact) mass is 451 g/mol. The molecule has 0 amide bonds. The molecule has 1 aliphatic heterocycles. The molecule has 0 radical (unpaired) electrons. The Kier molecular flexibility index (Phi) is 4.11. The summed E-state index contributed by atoms with van der Waals surface area (Å²) < 4.78 is 6.68. The lowest BCUT2D eigenvalue weighted by molar-refractivity contribution is 0.0530. The minimum atomic E-state index is 0.426. The van der Waals surface area contributed by atoms with Gasteiger partial charge in [-0.1, -0.05) is 35.0 Å². The van der Waals surface area contributed by atoms with Crippen molar-refractivity contribution >= 4 is 21.6 Å². The number of hydrogen-bond donors (Lipinski definition) is 1. The smallest absolute Gasteiger partial charge is 0.119 e. The zero-order valence-corrected chi connectivity index (χ0v) is 19.0. The summed E-state index contributed by atoms with van der Waals surface area (Å²) in [5.41, 5.74) is 6.47. The molecule has 6 rings (SSSR count). The molecule has 2 aromatic rings. The van der Waals surface area contributed by atoms with Crippen LogP contribution in [0.1, 0.15) is 55.2 Å². The molecular weight excluding hydrogens is 422 g/mol. The van der Waals surface area contributed by atoms with Crippen molar-refractivity contribution in [2.45, 2.75) is 57.4 Å². The molecule has 2 nitrogen and oxygen atoms in total. The highest BCUT2D eigenvalue weighted by molar-refractivity contribution is 9.10. The Balaban J connectivity index is 1.33. The van der Waals surface area contributed by atoms with Crippen LogP contribution in [0.2, 0.25) is 0 Å². The van der Waals surface area contributed by atoms with Gasteiger partial charge in [0.2, 0.25) is 0 Å². The van der Waals surface area contributed by atoms with E-state index >= 15 is 0 Å². The van der Waals surface area contributed by atoms with Gasteiger partial charge in [0.25, 0.3) is 0 Å². The van der Waals surface area contributed by atoms with Gasteiger partial charge in [0, 0.05) is 16.2 Å². The Bertz CT molecular complexity index is 971. The fourth-order valence-electron chi connectivity index (χ4n) is 7.66. The molecule has 4 aliphatic rings. The van der Waals surface area contributed by atoms with Gasteiger partial charge in [-0.3, -0.25) is 0 Å². The summed E-state index contributed by atoms with van der Waals surface area (Å²) in [6.45, 7) is 2.61. The molecule has 0 spiro atoms. The standard InChI is InChI=1S/C26H30BrNO/c1-26-10-9-21-20-8-6-19(29-2)12-15(20)4-7-22(21)23(26)13-17-11-16-3-5-18(27)14-24(16)28-25(17)26/h3,5-6,8,12,14,17,21-23,25,28H,4,7,9-11,13H2,1-2H3/t17-,21-,22-,23+,25+,26+/m1/s1. The van der Waals surface area contributed by atoms with E-state index in [9.17, 15) is 0 Å². The van der Waals surface area contributed by atoms with Gasteiger partial charge in [-0.05, 0) is 109 Å². The van der Waals surface area contributed by atoms with Gasteiger partial charge in [-0.25, -0.2) is 0 Å². The summed E-state index contributed by atoms with van der Waals surface area (Å²) in [6, 6.07) is 14.3. The largest absolute Gasteiger partial charge is 0.497 e. The van der Waals surface area contributed by atoms with Gasteiger partial charge in [-0.2, -0.15) is 0 Å². The van der Waals surface area contributed by atoms with Crippen LogP contribution in [0.5, 0.6) is 5.75 Å². The normalized spacial score (nSPS) is 36.7. The lowest BCUT2D eigenvalue weighted by atomic mass is 9.55. The number of benzene rings is 2. The zero-order chi connectivity index (χ0) is 19.8. The molecule has 152 valence electrons. The maximum absolute atomic E-state index is 5.49. The number of halogens is 1. The van der Waals surface area contributed by atoms with Crippen molar-refractivity contribution < 1.29 is 4.74 Å². The van der Waals surface area contributed by atoms with E-state index in [1.165, 1.54) is 54.2 Å². The van der Waals surface area contributed by atoms with Gasteiger partial charge in [0.05, 0.1) is 7.11 Å². The molecule has 3 aliphatic carbocycles. The second-order valence-corrected chi connectivity index (χ2v) is 11.1. The van der Waals surface area contributed by atoms with Crippen molar-refractivity contribution in [1.29, 1.82) is 0 Å². The molecule has 2 fully saturated rings. The third-order valence-corrected chi connectivity index (χ3v) is 9.47.